The van der Waals surface area contributed by atoms with Gasteiger partial charge in [-0.3, -0.25) is 0 Å². The molecule has 1 N–H and O–H groups in total. The number of alkyl halides is 3. The van der Waals surface area contributed by atoms with Gasteiger partial charge in [-0.25, -0.2) is 8.42 Å². The fourth-order valence-electron chi connectivity index (χ4n) is 3.84. The number of nitrogens with zero attached hydrogens (tertiary/aromatic N) is 2. The molecular weight excluding hydrogens is 515 g/mol. The minimum Gasteiger partial charge on any atom is -0.497 e. The highest BCUT2D eigenvalue weighted by Crippen LogP contribution is 2.39. The van der Waals surface area contributed by atoms with E-state index in [1.54, 1.807) is 28.8 Å². The van der Waals surface area contributed by atoms with Gasteiger partial charge in [0.2, 0.25) is 10.0 Å². The molecule has 0 fully saturated rings. The van der Waals surface area contributed by atoms with E-state index in [4.69, 9.17) is 16.3 Å². The Labute approximate surface area is 210 Å². The van der Waals surface area contributed by atoms with Crippen LogP contribution < -0.4 is 9.46 Å². The van der Waals surface area contributed by atoms with E-state index in [1.807, 2.05) is 10.8 Å². The van der Waals surface area contributed by atoms with Crippen LogP contribution in [0, 0.1) is 11.3 Å². The van der Waals surface area contributed by atoms with Crippen LogP contribution in [0.25, 0.3) is 10.9 Å². The molecule has 11 heteroatoms. The van der Waals surface area contributed by atoms with E-state index in [1.165, 1.54) is 49.7 Å². The SMILES string of the molecule is COc1cccc(S(=O)(=O)NC(c2cn(Cc3ccc(Cl)cc3)c3cc(C#N)ccc23)C(F)(F)F)c1. The van der Waals surface area contributed by atoms with Gasteiger partial charge < -0.3 is 9.30 Å². The van der Waals surface area contributed by atoms with Crippen molar-refractivity contribution in [3.8, 4) is 11.8 Å². The summed E-state index contributed by atoms with van der Waals surface area (Å²) in [6.45, 7) is 0.176. The largest absolute Gasteiger partial charge is 0.497 e. The van der Waals surface area contributed by atoms with Crippen LogP contribution in [-0.2, 0) is 16.6 Å². The molecule has 6 nitrogen and oxygen atoms in total. The van der Waals surface area contributed by atoms with Crippen molar-refractivity contribution in [3.05, 3.63) is 94.6 Å². The van der Waals surface area contributed by atoms with Gasteiger partial charge in [-0.2, -0.15) is 23.2 Å². The van der Waals surface area contributed by atoms with E-state index in [0.29, 0.717) is 10.5 Å². The molecule has 0 radical (unpaired) electrons. The van der Waals surface area contributed by atoms with Crippen molar-refractivity contribution in [2.75, 3.05) is 7.11 Å². The Morgan fingerprint density at radius 1 is 1.11 bits per heavy atom. The average molecular weight is 534 g/mol. The molecule has 0 aliphatic heterocycles. The molecule has 1 aromatic heterocycles. The summed E-state index contributed by atoms with van der Waals surface area (Å²) in [4.78, 5) is -0.368. The lowest BCUT2D eigenvalue weighted by atomic mass is 10.0. The van der Waals surface area contributed by atoms with Crippen LogP contribution in [-0.4, -0.2) is 26.3 Å². The second kappa shape index (κ2) is 9.85. The van der Waals surface area contributed by atoms with Crippen LogP contribution >= 0.6 is 11.6 Å². The third-order valence-electron chi connectivity index (χ3n) is 5.57. The molecule has 4 aromatic rings. The van der Waals surface area contributed by atoms with Crippen molar-refractivity contribution in [1.29, 1.82) is 5.26 Å². The molecule has 0 spiro atoms. The highest BCUT2D eigenvalue weighted by molar-refractivity contribution is 7.89. The van der Waals surface area contributed by atoms with Crippen molar-refractivity contribution in [1.82, 2.24) is 9.29 Å². The summed E-state index contributed by atoms with van der Waals surface area (Å²) in [7, 11) is -3.26. The molecule has 0 aliphatic rings. The summed E-state index contributed by atoms with van der Waals surface area (Å²) in [5.74, 6) is 0.185. The highest BCUT2D eigenvalue weighted by Gasteiger charge is 2.45. The normalized spacial score (nSPS) is 12.9. The molecule has 1 atom stereocenters. The average Bonchev–Trinajstić information content (AvgIpc) is 3.20. The van der Waals surface area contributed by atoms with Crippen LogP contribution in [0.15, 0.2) is 77.8 Å². The van der Waals surface area contributed by atoms with Crippen molar-refractivity contribution in [3.63, 3.8) is 0 Å². The number of fused-ring (bicyclic) bond motifs is 1. The molecule has 0 saturated carbocycles. The Morgan fingerprint density at radius 3 is 2.47 bits per heavy atom. The first-order valence-electron chi connectivity index (χ1n) is 10.5. The predicted octanol–water partition coefficient (Wildman–Crippen LogP) is 5.81. The summed E-state index contributed by atoms with van der Waals surface area (Å²) >= 11 is 5.94. The number of hydrogen-bond acceptors (Lipinski definition) is 4. The van der Waals surface area contributed by atoms with Crippen LogP contribution in [0.1, 0.15) is 22.7 Å². The molecule has 4 rings (SSSR count). The van der Waals surface area contributed by atoms with Crippen LogP contribution in [0.4, 0.5) is 13.2 Å². The zero-order chi connectivity index (χ0) is 26.1. The quantitative estimate of drug-likeness (QED) is 0.325. The van der Waals surface area contributed by atoms with Gasteiger partial charge in [0.05, 0.1) is 23.6 Å². The monoisotopic (exact) mass is 533 g/mol. The fraction of sp³-hybridized carbons (Fsp3) is 0.160. The summed E-state index contributed by atoms with van der Waals surface area (Å²) in [6, 6.07) is 15.6. The molecule has 0 bridgehead atoms. The molecule has 186 valence electrons. The molecule has 36 heavy (non-hydrogen) atoms. The number of ether oxygens (including phenoxy) is 1. The van der Waals surface area contributed by atoms with Crippen molar-refractivity contribution >= 4 is 32.5 Å². The molecule has 3 aromatic carbocycles. The predicted molar refractivity (Wildman–Crippen MR) is 129 cm³/mol. The number of nitrogens with one attached hydrogen (secondary N) is 1. The van der Waals surface area contributed by atoms with Crippen molar-refractivity contribution < 1.29 is 26.3 Å². The Kier molecular flexibility index (Phi) is 7.00. The first-order chi connectivity index (χ1) is 17.0. The summed E-state index contributed by atoms with van der Waals surface area (Å²) in [6.07, 6.45) is -3.70. The summed E-state index contributed by atoms with van der Waals surface area (Å²) < 4.78 is 77.3. The number of nitriles is 1. The van der Waals surface area contributed by atoms with Crippen LogP contribution in [0.3, 0.4) is 0 Å². The maximum absolute atomic E-state index is 14.3. The molecular formula is C25H19ClF3N3O3S. The topological polar surface area (TPSA) is 84.1 Å². The van der Waals surface area contributed by atoms with E-state index in [0.717, 1.165) is 11.6 Å². The van der Waals surface area contributed by atoms with Gasteiger partial charge in [0.15, 0.2) is 0 Å². The van der Waals surface area contributed by atoms with Crippen molar-refractivity contribution in [2.45, 2.75) is 23.7 Å². The lowest BCUT2D eigenvalue weighted by Crippen LogP contribution is -2.38. The maximum atomic E-state index is 14.3. The number of halogens is 4. The maximum Gasteiger partial charge on any atom is 0.408 e. The number of aromatic nitrogens is 1. The number of sulfonamides is 1. The van der Waals surface area contributed by atoms with Gasteiger partial charge in [0, 0.05) is 40.3 Å². The number of methoxy groups -OCH3 is 1. The zero-order valence-electron chi connectivity index (χ0n) is 18.8. The smallest absolute Gasteiger partial charge is 0.408 e. The second-order valence-corrected chi connectivity index (χ2v) is 10.1. The Morgan fingerprint density at radius 2 is 1.83 bits per heavy atom. The lowest BCUT2D eigenvalue weighted by Gasteiger charge is -2.21. The summed E-state index contributed by atoms with van der Waals surface area (Å²) in [5.41, 5.74) is 1.08. The third kappa shape index (κ3) is 5.33. The lowest BCUT2D eigenvalue weighted by molar-refractivity contribution is -0.152. The van der Waals surface area contributed by atoms with Gasteiger partial charge in [-0.15, -0.1) is 0 Å². The number of rotatable bonds is 7. The first-order valence-corrected chi connectivity index (χ1v) is 12.4. The fourth-order valence-corrected chi connectivity index (χ4v) is 5.20. The van der Waals surface area contributed by atoms with Crippen LogP contribution in [0.5, 0.6) is 5.75 Å². The second-order valence-electron chi connectivity index (χ2n) is 7.96. The molecule has 0 amide bonds. The number of hydrogen-bond donors (Lipinski definition) is 1. The van der Waals surface area contributed by atoms with Crippen molar-refractivity contribution in [2.24, 2.45) is 0 Å². The Hall–Kier alpha value is -3.52. The van der Waals surface area contributed by atoms with E-state index < -0.39 is 22.2 Å². The molecule has 0 saturated heterocycles. The van der Waals surface area contributed by atoms with Crippen LogP contribution in [0.2, 0.25) is 5.02 Å². The Bertz CT molecular complexity index is 1560. The molecule has 1 unspecified atom stereocenters. The standard InChI is InChI=1S/C25H19ClF3N3O3S/c1-35-19-3-2-4-20(12-19)36(33,34)31-24(25(27,28)29)22-15-32(14-16-5-8-18(26)9-6-16)23-11-17(13-30)7-10-21(22)23/h2-12,15,24,31H,14H2,1H3. The molecule has 0 aliphatic carbocycles. The minimum atomic E-state index is -4.96. The Balaban J connectivity index is 1.83. The first kappa shape index (κ1) is 25.6. The van der Waals surface area contributed by atoms with E-state index in [9.17, 15) is 26.9 Å². The van der Waals surface area contributed by atoms with Gasteiger partial charge in [-0.05, 0) is 42.0 Å². The summed E-state index contributed by atoms with van der Waals surface area (Å²) in [5, 5.41) is 9.99. The van der Waals surface area contributed by atoms with E-state index >= 15 is 0 Å². The minimum absolute atomic E-state index is 0.165. The zero-order valence-corrected chi connectivity index (χ0v) is 20.3. The van der Waals surface area contributed by atoms with E-state index in [-0.39, 0.29) is 33.7 Å². The highest BCUT2D eigenvalue weighted by atomic mass is 35.5. The third-order valence-corrected chi connectivity index (χ3v) is 7.24. The van der Waals surface area contributed by atoms with Gasteiger partial charge in [0.1, 0.15) is 11.8 Å². The molecule has 1 heterocycles. The van der Waals surface area contributed by atoms with E-state index in [2.05, 4.69) is 0 Å². The number of benzene rings is 3. The van der Waals surface area contributed by atoms with Gasteiger partial charge in [-0.1, -0.05) is 35.9 Å². The van der Waals surface area contributed by atoms with Gasteiger partial charge in [0.25, 0.3) is 0 Å². The van der Waals surface area contributed by atoms with Gasteiger partial charge >= 0.3 is 6.18 Å².